The number of aromatic nitrogens is 2. The number of hydrogen-bond donors (Lipinski definition) is 0. The van der Waals surface area contributed by atoms with Gasteiger partial charge in [0.25, 0.3) is 6.33 Å². The Morgan fingerprint density at radius 2 is 1.76 bits per heavy atom. The fraction of sp³-hybridized carbons (Fsp3) is 0.105. The van der Waals surface area contributed by atoms with E-state index in [2.05, 4.69) is 4.98 Å². The summed E-state index contributed by atoms with van der Waals surface area (Å²) in [5.74, 6) is 0.415. The molecule has 0 atom stereocenters. The molecule has 0 radical (unpaired) electrons. The molecule has 0 unspecified atom stereocenters. The molecule has 3 rings (SSSR count). The molecule has 25 heavy (non-hydrogen) atoms. The molecular formula is C19H17BrFN2O2+. The van der Waals surface area contributed by atoms with Crippen molar-refractivity contribution in [3.63, 3.8) is 0 Å². The van der Waals surface area contributed by atoms with Crippen molar-refractivity contribution in [1.82, 2.24) is 4.98 Å². The van der Waals surface area contributed by atoms with E-state index in [9.17, 15) is 9.18 Å². The molecule has 3 aromatic rings. The molecule has 0 bridgehead atoms. The smallest absolute Gasteiger partial charge is 0.287 e. The van der Waals surface area contributed by atoms with Crippen molar-refractivity contribution < 1.29 is 18.5 Å². The van der Waals surface area contributed by atoms with Gasteiger partial charge in [0.2, 0.25) is 5.78 Å². The molecule has 1 aromatic heterocycles. The molecule has 0 spiro atoms. The van der Waals surface area contributed by atoms with Gasteiger partial charge in [0.05, 0.1) is 13.3 Å². The molecule has 0 saturated heterocycles. The average molecular weight is 404 g/mol. The number of Topliss-reactive ketones (excluding diaryl/α,β-unsaturated/α-hetero) is 1. The van der Waals surface area contributed by atoms with Gasteiger partial charge in [0, 0.05) is 17.2 Å². The van der Waals surface area contributed by atoms with Gasteiger partial charge in [-0.05, 0) is 53.5 Å². The number of hydrogen-bond acceptors (Lipinski definition) is 3. The van der Waals surface area contributed by atoms with Crippen molar-refractivity contribution in [2.24, 2.45) is 0 Å². The third-order valence-corrected chi connectivity index (χ3v) is 3.65. The van der Waals surface area contributed by atoms with Gasteiger partial charge in [-0.2, -0.15) is 0 Å². The zero-order valence-corrected chi connectivity index (χ0v) is 15.3. The van der Waals surface area contributed by atoms with E-state index < -0.39 is 0 Å². The molecule has 6 heteroatoms. The van der Waals surface area contributed by atoms with E-state index in [1.165, 1.54) is 12.1 Å². The molecule has 1 heterocycles. The Morgan fingerprint density at radius 1 is 1.08 bits per heavy atom. The fourth-order valence-electron chi connectivity index (χ4n) is 2.30. The summed E-state index contributed by atoms with van der Waals surface area (Å²) in [4.78, 5) is 16.6. The number of benzene rings is 2. The quantitative estimate of drug-likeness (QED) is 0.482. The Hall–Kier alpha value is -2.60. The summed E-state index contributed by atoms with van der Waals surface area (Å²) in [5.41, 5.74) is 2.17. The summed E-state index contributed by atoms with van der Waals surface area (Å²) in [5, 5.41) is 0. The highest BCUT2D eigenvalue weighted by Crippen LogP contribution is 2.15. The van der Waals surface area contributed by atoms with Crippen LogP contribution in [0.4, 0.5) is 4.39 Å². The monoisotopic (exact) mass is 403 g/mol. The van der Waals surface area contributed by atoms with Crippen molar-refractivity contribution in [2.75, 3.05) is 7.11 Å². The van der Waals surface area contributed by atoms with Crippen LogP contribution in [0.2, 0.25) is 0 Å². The van der Waals surface area contributed by atoms with Crippen molar-refractivity contribution in [2.45, 2.75) is 6.54 Å². The highest BCUT2D eigenvalue weighted by atomic mass is 79.9. The lowest BCUT2D eigenvalue weighted by molar-refractivity contribution is -0.686. The normalized spacial score (nSPS) is 10.0. The highest BCUT2D eigenvalue weighted by molar-refractivity contribution is 8.93. The van der Waals surface area contributed by atoms with E-state index in [4.69, 9.17) is 4.74 Å². The molecule has 0 saturated carbocycles. The predicted octanol–water partition coefficient (Wildman–Crippen LogP) is 3.64. The van der Waals surface area contributed by atoms with Gasteiger partial charge >= 0.3 is 0 Å². The SMILES string of the molecule is Br.COc1ccc(C(=O)C[n+]2ccc(-c3ccc(F)cc3)nc2)cc1. The minimum Gasteiger partial charge on any atom is -0.497 e. The molecule has 0 aliphatic carbocycles. The van der Waals surface area contributed by atoms with Gasteiger partial charge in [0.1, 0.15) is 11.6 Å². The van der Waals surface area contributed by atoms with Gasteiger partial charge in [-0.3, -0.25) is 4.79 Å². The number of carbonyl (C=O) groups is 1. The van der Waals surface area contributed by atoms with E-state index >= 15 is 0 Å². The standard InChI is InChI=1S/C19H16FN2O2.BrH/c1-24-17-8-4-15(5-9-17)19(23)12-22-11-10-18(21-13-22)14-2-6-16(20)7-3-14;/h2-11,13H,12H2,1H3;1H/q+1;. The first-order valence-corrected chi connectivity index (χ1v) is 7.44. The highest BCUT2D eigenvalue weighted by Gasteiger charge is 2.12. The number of halogens is 2. The first kappa shape index (κ1) is 18.7. The molecule has 0 aliphatic heterocycles. The van der Waals surface area contributed by atoms with Crippen LogP contribution in [0, 0.1) is 5.82 Å². The van der Waals surface area contributed by atoms with Crippen LogP contribution < -0.4 is 9.30 Å². The van der Waals surface area contributed by atoms with Crippen LogP contribution in [0.1, 0.15) is 10.4 Å². The van der Waals surface area contributed by atoms with Gasteiger partial charge in [-0.15, -0.1) is 17.0 Å². The number of methoxy groups -OCH3 is 1. The van der Waals surface area contributed by atoms with Gasteiger partial charge < -0.3 is 4.74 Å². The lowest BCUT2D eigenvalue weighted by Gasteiger charge is -2.02. The first-order chi connectivity index (χ1) is 11.7. The molecule has 2 aromatic carbocycles. The zero-order chi connectivity index (χ0) is 16.9. The van der Waals surface area contributed by atoms with E-state index in [1.807, 2.05) is 0 Å². The average Bonchev–Trinajstić information content (AvgIpc) is 2.63. The Kier molecular flexibility index (Phi) is 6.36. The minimum atomic E-state index is -0.283. The van der Waals surface area contributed by atoms with Crippen LogP contribution in [0.15, 0.2) is 67.1 Å². The zero-order valence-electron chi connectivity index (χ0n) is 13.6. The van der Waals surface area contributed by atoms with Crippen LogP contribution in [0.25, 0.3) is 11.3 Å². The second kappa shape index (κ2) is 8.48. The summed E-state index contributed by atoms with van der Waals surface area (Å²) in [6.07, 6.45) is 3.38. The number of nitrogens with zero attached hydrogens (tertiary/aromatic N) is 2. The van der Waals surface area contributed by atoms with Crippen molar-refractivity contribution in [3.05, 3.63) is 78.5 Å². The summed E-state index contributed by atoms with van der Waals surface area (Å²) >= 11 is 0. The Labute approximate surface area is 155 Å². The molecule has 128 valence electrons. The maximum atomic E-state index is 12.9. The Morgan fingerprint density at radius 3 is 2.32 bits per heavy atom. The van der Waals surface area contributed by atoms with Gasteiger partial charge in [0.15, 0.2) is 12.2 Å². The largest absolute Gasteiger partial charge is 0.497 e. The summed E-state index contributed by atoms with van der Waals surface area (Å²) < 4.78 is 19.7. The third kappa shape index (κ3) is 4.70. The summed E-state index contributed by atoms with van der Waals surface area (Å²) in [6, 6.07) is 14.9. The second-order valence-corrected chi connectivity index (χ2v) is 5.28. The van der Waals surface area contributed by atoms with E-state index in [0.29, 0.717) is 11.3 Å². The van der Waals surface area contributed by atoms with E-state index in [0.717, 1.165) is 11.3 Å². The lowest BCUT2D eigenvalue weighted by Crippen LogP contribution is -2.37. The van der Waals surface area contributed by atoms with Crippen LogP contribution >= 0.6 is 17.0 Å². The van der Waals surface area contributed by atoms with Crippen LogP contribution in [0.3, 0.4) is 0 Å². The van der Waals surface area contributed by atoms with Crippen LogP contribution in [0.5, 0.6) is 5.75 Å². The number of ether oxygens (including phenoxy) is 1. The minimum absolute atomic E-state index is 0. The van der Waals surface area contributed by atoms with Gasteiger partial charge in [-0.25, -0.2) is 8.96 Å². The summed E-state index contributed by atoms with van der Waals surface area (Å²) in [6.45, 7) is 0.197. The molecule has 0 aliphatic rings. The van der Waals surface area contributed by atoms with Crippen LogP contribution in [-0.4, -0.2) is 17.9 Å². The summed E-state index contributed by atoms with van der Waals surface area (Å²) in [7, 11) is 1.58. The molecule has 0 N–H and O–H groups in total. The van der Waals surface area contributed by atoms with Crippen molar-refractivity contribution in [3.8, 4) is 17.0 Å². The number of carbonyl (C=O) groups excluding carboxylic acids is 1. The van der Waals surface area contributed by atoms with Crippen molar-refractivity contribution in [1.29, 1.82) is 0 Å². The van der Waals surface area contributed by atoms with Gasteiger partial charge in [-0.1, -0.05) is 0 Å². The molecule has 0 fully saturated rings. The maximum absolute atomic E-state index is 12.9. The third-order valence-electron chi connectivity index (χ3n) is 3.65. The lowest BCUT2D eigenvalue weighted by atomic mass is 10.1. The maximum Gasteiger partial charge on any atom is 0.287 e. The molecular weight excluding hydrogens is 387 g/mol. The van der Waals surface area contributed by atoms with Crippen molar-refractivity contribution >= 4 is 22.8 Å². The predicted molar refractivity (Wildman–Crippen MR) is 97.5 cm³/mol. The Balaban J connectivity index is 0.00000225. The number of rotatable bonds is 5. The fourth-order valence-corrected chi connectivity index (χ4v) is 2.30. The van der Waals surface area contributed by atoms with E-state index in [1.54, 1.807) is 66.7 Å². The molecule has 4 nitrogen and oxygen atoms in total. The second-order valence-electron chi connectivity index (χ2n) is 5.28. The molecule has 0 amide bonds. The van der Waals surface area contributed by atoms with Crippen LogP contribution in [-0.2, 0) is 6.54 Å². The topological polar surface area (TPSA) is 43.1 Å². The van der Waals surface area contributed by atoms with E-state index in [-0.39, 0.29) is 35.1 Å². The Bertz CT molecular complexity index is 835. The first-order valence-electron chi connectivity index (χ1n) is 7.44. The number of ketones is 1.